The summed E-state index contributed by atoms with van der Waals surface area (Å²) in [7, 11) is 0. The van der Waals surface area contributed by atoms with Crippen LogP contribution in [0, 0.1) is 0 Å². The van der Waals surface area contributed by atoms with Crippen molar-refractivity contribution in [3.63, 3.8) is 0 Å². The SMILES string of the molecule is CC(F)(F)c1cccc(NC2=NC(OCC(F)(F)F)NC(=NCc3ccc(-n4cccn4)cc3)N2)c1. The van der Waals surface area contributed by atoms with Crippen molar-refractivity contribution in [1.82, 2.24) is 20.4 Å². The molecule has 0 aliphatic carbocycles. The summed E-state index contributed by atoms with van der Waals surface area (Å²) in [6.45, 7) is -0.591. The molecule has 0 bridgehead atoms. The molecule has 1 unspecified atom stereocenters. The molecule has 1 atom stereocenters. The molecule has 0 spiro atoms. The summed E-state index contributed by atoms with van der Waals surface area (Å²) in [5.41, 5.74) is 1.69. The van der Waals surface area contributed by atoms with Gasteiger partial charge in [-0.05, 0) is 35.9 Å². The number of anilines is 1. The van der Waals surface area contributed by atoms with E-state index in [1.54, 1.807) is 23.1 Å². The van der Waals surface area contributed by atoms with E-state index in [-0.39, 0.29) is 29.7 Å². The van der Waals surface area contributed by atoms with Crippen LogP contribution >= 0.6 is 0 Å². The van der Waals surface area contributed by atoms with Crippen molar-refractivity contribution < 1.29 is 26.7 Å². The zero-order chi connectivity index (χ0) is 25.8. The van der Waals surface area contributed by atoms with Gasteiger partial charge in [-0.2, -0.15) is 23.3 Å². The highest BCUT2D eigenvalue weighted by atomic mass is 19.4. The molecule has 190 valence electrons. The summed E-state index contributed by atoms with van der Waals surface area (Å²) < 4.78 is 71.9. The van der Waals surface area contributed by atoms with Gasteiger partial charge in [-0.3, -0.25) is 5.32 Å². The summed E-state index contributed by atoms with van der Waals surface area (Å²) in [5, 5.41) is 12.4. The Morgan fingerprint density at radius 1 is 1.08 bits per heavy atom. The Balaban J connectivity index is 1.49. The minimum absolute atomic E-state index is 0.0229. The van der Waals surface area contributed by atoms with Crippen molar-refractivity contribution in [3.8, 4) is 5.69 Å². The first-order valence-electron chi connectivity index (χ1n) is 10.7. The van der Waals surface area contributed by atoms with E-state index in [0.717, 1.165) is 18.2 Å². The number of nitrogens with one attached hydrogen (secondary N) is 3. The fraction of sp³-hybridized carbons (Fsp3) is 0.261. The maximum Gasteiger partial charge on any atom is 0.411 e. The minimum atomic E-state index is -4.57. The van der Waals surface area contributed by atoms with Crippen molar-refractivity contribution >= 4 is 17.6 Å². The van der Waals surface area contributed by atoms with E-state index in [1.165, 1.54) is 24.3 Å². The summed E-state index contributed by atoms with van der Waals surface area (Å²) in [4.78, 5) is 8.36. The van der Waals surface area contributed by atoms with Crippen molar-refractivity contribution in [2.24, 2.45) is 9.98 Å². The first kappa shape index (κ1) is 25.1. The van der Waals surface area contributed by atoms with Crippen LogP contribution in [0.2, 0.25) is 0 Å². The van der Waals surface area contributed by atoms with Gasteiger partial charge >= 0.3 is 6.18 Å². The molecule has 0 fully saturated rings. The number of aromatic nitrogens is 2. The molecular formula is C23H22F5N7O. The first-order chi connectivity index (χ1) is 17.0. The van der Waals surface area contributed by atoms with Gasteiger partial charge < -0.3 is 15.4 Å². The smallest absolute Gasteiger partial charge is 0.330 e. The Hall–Kier alpha value is -4.00. The van der Waals surface area contributed by atoms with Gasteiger partial charge in [0.25, 0.3) is 5.92 Å². The van der Waals surface area contributed by atoms with Crippen molar-refractivity contribution in [2.45, 2.75) is 31.9 Å². The third-order valence-corrected chi connectivity index (χ3v) is 4.91. The Morgan fingerprint density at radius 2 is 1.86 bits per heavy atom. The number of guanidine groups is 2. The second kappa shape index (κ2) is 10.3. The lowest BCUT2D eigenvalue weighted by Crippen LogP contribution is -2.54. The van der Waals surface area contributed by atoms with Crippen LogP contribution < -0.4 is 16.0 Å². The Bertz CT molecular complexity index is 1220. The topological polar surface area (TPSA) is 87.9 Å². The van der Waals surface area contributed by atoms with E-state index < -0.39 is 25.1 Å². The first-order valence-corrected chi connectivity index (χ1v) is 10.7. The summed E-state index contributed by atoms with van der Waals surface area (Å²) in [6, 6.07) is 14.6. The van der Waals surface area contributed by atoms with Crippen LogP contribution in [0.1, 0.15) is 18.1 Å². The standard InChI is InChI=1S/C23H22F5N7O/c1-22(24,25)16-4-2-5-17(12-16)31-20-32-19(33-21(34-20)36-14-23(26,27)28)29-13-15-6-8-18(9-7-15)35-11-3-10-30-35/h2-12,21H,13-14H2,1H3,(H3,29,31,32,33,34). The zero-order valence-electron chi connectivity index (χ0n) is 18.9. The van der Waals surface area contributed by atoms with E-state index in [0.29, 0.717) is 0 Å². The fourth-order valence-electron chi connectivity index (χ4n) is 3.20. The molecule has 1 aliphatic heterocycles. The van der Waals surface area contributed by atoms with Crippen LogP contribution in [-0.2, 0) is 17.2 Å². The molecular weight excluding hydrogens is 485 g/mol. The van der Waals surface area contributed by atoms with Gasteiger partial charge in [0.2, 0.25) is 18.3 Å². The molecule has 2 heterocycles. The van der Waals surface area contributed by atoms with Gasteiger partial charge in [0.15, 0.2) is 0 Å². The van der Waals surface area contributed by atoms with Crippen LogP contribution in [0.15, 0.2) is 77.0 Å². The average Bonchev–Trinajstić information content (AvgIpc) is 3.36. The Kier molecular flexibility index (Phi) is 7.20. The van der Waals surface area contributed by atoms with E-state index in [9.17, 15) is 22.0 Å². The second-order valence-corrected chi connectivity index (χ2v) is 7.90. The molecule has 0 radical (unpaired) electrons. The molecule has 4 rings (SSSR count). The predicted molar refractivity (Wildman–Crippen MR) is 124 cm³/mol. The Morgan fingerprint density at radius 3 is 2.53 bits per heavy atom. The maximum atomic E-state index is 13.7. The summed E-state index contributed by atoms with van der Waals surface area (Å²) >= 11 is 0. The second-order valence-electron chi connectivity index (χ2n) is 7.90. The highest BCUT2D eigenvalue weighted by Gasteiger charge is 2.31. The number of benzene rings is 2. The largest absolute Gasteiger partial charge is 0.411 e. The fourth-order valence-corrected chi connectivity index (χ4v) is 3.20. The van der Waals surface area contributed by atoms with Crippen LogP contribution in [0.5, 0.6) is 0 Å². The highest BCUT2D eigenvalue weighted by molar-refractivity contribution is 6.06. The van der Waals surface area contributed by atoms with Gasteiger partial charge in [0.05, 0.1) is 12.2 Å². The monoisotopic (exact) mass is 507 g/mol. The van der Waals surface area contributed by atoms with Crippen LogP contribution in [0.4, 0.5) is 27.6 Å². The third-order valence-electron chi connectivity index (χ3n) is 4.91. The van der Waals surface area contributed by atoms with Gasteiger partial charge in [0.1, 0.15) is 6.61 Å². The summed E-state index contributed by atoms with van der Waals surface area (Å²) in [5.74, 6) is -3.00. The van der Waals surface area contributed by atoms with E-state index >= 15 is 0 Å². The zero-order valence-corrected chi connectivity index (χ0v) is 18.9. The number of hydrogen-bond donors (Lipinski definition) is 3. The summed E-state index contributed by atoms with van der Waals surface area (Å²) in [6.07, 6.45) is -2.51. The average molecular weight is 507 g/mol. The number of hydrogen-bond acceptors (Lipinski definition) is 5. The molecule has 36 heavy (non-hydrogen) atoms. The molecule has 8 nitrogen and oxygen atoms in total. The number of nitrogens with zero attached hydrogens (tertiary/aromatic N) is 4. The number of aliphatic imine (C=N–C) groups is 2. The number of ether oxygens (including phenoxy) is 1. The molecule has 2 aromatic carbocycles. The molecule has 3 N–H and O–H groups in total. The number of halogens is 5. The molecule has 0 amide bonds. The van der Waals surface area contributed by atoms with Crippen molar-refractivity contribution in [1.29, 1.82) is 0 Å². The van der Waals surface area contributed by atoms with Gasteiger partial charge in [-0.1, -0.05) is 24.3 Å². The molecule has 0 saturated heterocycles. The predicted octanol–water partition coefficient (Wildman–Crippen LogP) is 4.36. The molecule has 0 saturated carbocycles. The van der Waals surface area contributed by atoms with Crippen LogP contribution in [-0.4, -0.2) is 40.8 Å². The highest BCUT2D eigenvalue weighted by Crippen LogP contribution is 2.28. The quantitative estimate of drug-likeness (QED) is 0.414. The lowest BCUT2D eigenvalue weighted by molar-refractivity contribution is -0.186. The molecule has 1 aliphatic rings. The van der Waals surface area contributed by atoms with Crippen molar-refractivity contribution in [2.75, 3.05) is 11.9 Å². The van der Waals surface area contributed by atoms with Crippen LogP contribution in [0.25, 0.3) is 5.69 Å². The van der Waals surface area contributed by atoms with Crippen LogP contribution in [0.3, 0.4) is 0 Å². The lowest BCUT2D eigenvalue weighted by atomic mass is 10.1. The molecule has 13 heteroatoms. The molecule has 1 aromatic heterocycles. The Labute approximate surface area is 202 Å². The maximum absolute atomic E-state index is 13.7. The van der Waals surface area contributed by atoms with Gasteiger partial charge in [-0.15, -0.1) is 0 Å². The van der Waals surface area contributed by atoms with E-state index in [1.807, 2.05) is 24.3 Å². The van der Waals surface area contributed by atoms with Crippen molar-refractivity contribution in [3.05, 3.63) is 78.1 Å². The number of rotatable bonds is 7. The number of alkyl halides is 5. The normalized spacial score (nSPS) is 17.3. The minimum Gasteiger partial charge on any atom is -0.330 e. The van der Waals surface area contributed by atoms with Gasteiger partial charge in [0, 0.05) is 30.6 Å². The lowest BCUT2D eigenvalue weighted by Gasteiger charge is -2.26. The third kappa shape index (κ3) is 7.01. The van der Waals surface area contributed by atoms with Gasteiger partial charge in [-0.25, -0.2) is 18.5 Å². The molecule has 3 aromatic rings. The van der Waals surface area contributed by atoms with E-state index in [2.05, 4.69) is 31.0 Å². The van der Waals surface area contributed by atoms with E-state index in [4.69, 9.17) is 4.74 Å².